The van der Waals surface area contributed by atoms with Gasteiger partial charge in [0.05, 0.1) is 12.7 Å². The number of hydrogen-bond acceptors (Lipinski definition) is 2. The van der Waals surface area contributed by atoms with Crippen LogP contribution in [0.4, 0.5) is 0 Å². The normalized spacial score (nSPS) is 30.5. The lowest BCUT2D eigenvalue weighted by Crippen LogP contribution is -2.46. The first kappa shape index (κ1) is 12.0. The summed E-state index contributed by atoms with van der Waals surface area (Å²) in [5.41, 5.74) is 1.35. The monoisotopic (exact) mass is 246 g/mol. The van der Waals surface area contributed by atoms with Crippen molar-refractivity contribution in [1.82, 2.24) is 0 Å². The molecule has 0 spiro atoms. The molecule has 3 rings (SSSR count). The zero-order chi connectivity index (χ0) is 12.5. The summed E-state index contributed by atoms with van der Waals surface area (Å²) in [5.74, 6) is 2.31. The highest BCUT2D eigenvalue weighted by atomic mass is 16.5. The Bertz CT molecular complexity index is 413. The highest BCUT2D eigenvalue weighted by Crippen LogP contribution is 2.38. The van der Waals surface area contributed by atoms with Gasteiger partial charge in [0.2, 0.25) is 0 Å². The first-order chi connectivity index (χ1) is 8.74. The van der Waals surface area contributed by atoms with E-state index in [0.29, 0.717) is 24.0 Å². The molecular weight excluding hydrogens is 224 g/mol. The molecule has 1 fully saturated rings. The minimum Gasteiger partial charge on any atom is -0.490 e. The summed E-state index contributed by atoms with van der Waals surface area (Å²) in [4.78, 5) is 0. The summed E-state index contributed by atoms with van der Waals surface area (Å²) in [5, 5.41) is 0. The van der Waals surface area contributed by atoms with Gasteiger partial charge in [-0.25, -0.2) is 0 Å². The van der Waals surface area contributed by atoms with E-state index in [9.17, 15) is 0 Å². The molecule has 2 nitrogen and oxygen atoms in total. The number of hydrogen-bond donors (Lipinski definition) is 0. The van der Waals surface area contributed by atoms with Crippen LogP contribution in [0.3, 0.4) is 0 Å². The molecule has 1 aromatic rings. The van der Waals surface area contributed by atoms with E-state index in [1.165, 1.54) is 5.56 Å². The van der Waals surface area contributed by atoms with E-state index in [-0.39, 0.29) is 0 Å². The van der Waals surface area contributed by atoms with Crippen LogP contribution in [0.2, 0.25) is 0 Å². The van der Waals surface area contributed by atoms with E-state index >= 15 is 0 Å². The van der Waals surface area contributed by atoms with Crippen molar-refractivity contribution in [3.8, 4) is 5.75 Å². The maximum Gasteiger partial charge on any atom is 0.122 e. The van der Waals surface area contributed by atoms with E-state index in [1.807, 2.05) is 0 Å². The second-order valence-electron chi connectivity index (χ2n) is 5.96. The first-order valence-electron chi connectivity index (χ1n) is 7.10. The standard InChI is InChI=1S/C16H22O2/c1-11(2)9-16-13-10-12-5-3-4-6-14(12)18-15(13)7-8-17-16/h3-6,11,13,15-16H,7-10H2,1-2H3/t13-,15-,16-/m0/s1. The molecule has 0 N–H and O–H groups in total. The number of ether oxygens (including phenoxy) is 2. The van der Waals surface area contributed by atoms with Gasteiger partial charge in [-0.1, -0.05) is 32.0 Å². The van der Waals surface area contributed by atoms with Crippen molar-refractivity contribution in [3.63, 3.8) is 0 Å². The van der Waals surface area contributed by atoms with E-state index in [2.05, 4.69) is 38.1 Å². The lowest BCUT2D eigenvalue weighted by atomic mass is 9.80. The van der Waals surface area contributed by atoms with Gasteiger partial charge in [-0.3, -0.25) is 0 Å². The first-order valence-corrected chi connectivity index (χ1v) is 7.10. The molecule has 98 valence electrons. The highest BCUT2D eigenvalue weighted by Gasteiger charge is 2.39. The molecule has 0 unspecified atom stereocenters. The Kier molecular flexibility index (Phi) is 3.29. The molecule has 2 aliphatic heterocycles. The van der Waals surface area contributed by atoms with E-state index in [0.717, 1.165) is 31.6 Å². The molecule has 2 heteroatoms. The van der Waals surface area contributed by atoms with Gasteiger partial charge in [-0.2, -0.15) is 0 Å². The van der Waals surface area contributed by atoms with Crippen LogP contribution >= 0.6 is 0 Å². The Morgan fingerprint density at radius 2 is 2.11 bits per heavy atom. The quantitative estimate of drug-likeness (QED) is 0.796. The molecule has 2 heterocycles. The fourth-order valence-corrected chi connectivity index (χ4v) is 3.23. The molecular formula is C16H22O2. The van der Waals surface area contributed by atoms with Crippen LogP contribution in [0, 0.1) is 11.8 Å². The second kappa shape index (κ2) is 4.93. The molecule has 1 saturated heterocycles. The minimum absolute atomic E-state index is 0.359. The van der Waals surface area contributed by atoms with E-state index in [1.54, 1.807) is 0 Å². The second-order valence-corrected chi connectivity index (χ2v) is 5.96. The van der Waals surface area contributed by atoms with Crippen LogP contribution in [0.25, 0.3) is 0 Å². The number of benzene rings is 1. The average molecular weight is 246 g/mol. The third kappa shape index (κ3) is 2.26. The molecule has 0 amide bonds. The van der Waals surface area contributed by atoms with Crippen molar-refractivity contribution >= 4 is 0 Å². The van der Waals surface area contributed by atoms with Gasteiger partial charge < -0.3 is 9.47 Å². The Hall–Kier alpha value is -1.02. The molecule has 2 aliphatic rings. The summed E-state index contributed by atoms with van der Waals surface area (Å²) < 4.78 is 12.2. The van der Waals surface area contributed by atoms with Crippen molar-refractivity contribution in [1.29, 1.82) is 0 Å². The topological polar surface area (TPSA) is 18.5 Å². The lowest BCUT2D eigenvalue weighted by Gasteiger charge is -2.42. The Labute approximate surface area is 109 Å². The van der Waals surface area contributed by atoms with Crippen molar-refractivity contribution in [2.75, 3.05) is 6.61 Å². The average Bonchev–Trinajstić information content (AvgIpc) is 2.36. The summed E-state index contributed by atoms with van der Waals surface area (Å²) in [6, 6.07) is 8.44. The zero-order valence-corrected chi connectivity index (χ0v) is 11.3. The van der Waals surface area contributed by atoms with Crippen molar-refractivity contribution in [2.24, 2.45) is 11.8 Å². The fraction of sp³-hybridized carbons (Fsp3) is 0.625. The largest absolute Gasteiger partial charge is 0.490 e. The number of para-hydroxylation sites is 1. The predicted molar refractivity (Wildman–Crippen MR) is 71.9 cm³/mol. The van der Waals surface area contributed by atoms with Crippen LogP contribution in [0.15, 0.2) is 24.3 Å². The van der Waals surface area contributed by atoms with Crippen LogP contribution in [-0.2, 0) is 11.2 Å². The van der Waals surface area contributed by atoms with Crippen molar-refractivity contribution < 1.29 is 9.47 Å². The SMILES string of the molecule is CC(C)C[C@@H]1OCC[C@@H]2Oc3ccccc3C[C@H]12. The van der Waals surface area contributed by atoms with Gasteiger partial charge in [0.15, 0.2) is 0 Å². The Balaban J connectivity index is 1.81. The van der Waals surface area contributed by atoms with Crippen LogP contribution in [0.5, 0.6) is 5.75 Å². The van der Waals surface area contributed by atoms with E-state index < -0.39 is 0 Å². The molecule has 0 radical (unpaired) electrons. The minimum atomic E-state index is 0.359. The number of rotatable bonds is 2. The van der Waals surface area contributed by atoms with Crippen molar-refractivity contribution in [2.45, 2.75) is 45.3 Å². The van der Waals surface area contributed by atoms with Gasteiger partial charge in [0.1, 0.15) is 11.9 Å². The lowest BCUT2D eigenvalue weighted by molar-refractivity contribution is -0.0963. The Morgan fingerprint density at radius 3 is 2.94 bits per heavy atom. The van der Waals surface area contributed by atoms with Gasteiger partial charge in [0, 0.05) is 12.3 Å². The molecule has 0 bridgehead atoms. The van der Waals surface area contributed by atoms with Crippen LogP contribution < -0.4 is 4.74 Å². The summed E-state index contributed by atoms with van der Waals surface area (Å²) in [7, 11) is 0. The molecule has 0 aliphatic carbocycles. The third-order valence-electron chi connectivity index (χ3n) is 4.10. The third-order valence-corrected chi connectivity index (χ3v) is 4.10. The highest BCUT2D eigenvalue weighted by molar-refractivity contribution is 5.36. The predicted octanol–water partition coefficient (Wildman–Crippen LogP) is 3.44. The van der Waals surface area contributed by atoms with Crippen LogP contribution in [0.1, 0.15) is 32.3 Å². The molecule has 0 aromatic heterocycles. The van der Waals surface area contributed by atoms with Gasteiger partial charge in [-0.15, -0.1) is 0 Å². The summed E-state index contributed by atoms with van der Waals surface area (Å²) in [6.07, 6.45) is 4.02. The maximum absolute atomic E-state index is 6.17. The smallest absolute Gasteiger partial charge is 0.122 e. The van der Waals surface area contributed by atoms with Crippen molar-refractivity contribution in [3.05, 3.63) is 29.8 Å². The fourth-order valence-electron chi connectivity index (χ4n) is 3.23. The molecule has 18 heavy (non-hydrogen) atoms. The molecule has 3 atom stereocenters. The Morgan fingerprint density at radius 1 is 1.28 bits per heavy atom. The maximum atomic E-state index is 6.17. The van der Waals surface area contributed by atoms with Gasteiger partial charge in [-0.05, 0) is 30.4 Å². The number of fused-ring (bicyclic) bond motifs is 2. The van der Waals surface area contributed by atoms with Gasteiger partial charge >= 0.3 is 0 Å². The van der Waals surface area contributed by atoms with Gasteiger partial charge in [0.25, 0.3) is 0 Å². The van der Waals surface area contributed by atoms with Crippen LogP contribution in [-0.4, -0.2) is 18.8 Å². The summed E-state index contributed by atoms with van der Waals surface area (Å²) in [6.45, 7) is 5.38. The molecule has 0 saturated carbocycles. The zero-order valence-electron chi connectivity index (χ0n) is 11.3. The summed E-state index contributed by atoms with van der Waals surface area (Å²) >= 11 is 0. The van der Waals surface area contributed by atoms with E-state index in [4.69, 9.17) is 9.47 Å². The molecule has 1 aromatic carbocycles.